The zero-order chi connectivity index (χ0) is 37.2. The highest BCUT2D eigenvalue weighted by atomic mass is 32.1. The van der Waals surface area contributed by atoms with Gasteiger partial charge < -0.3 is 4.57 Å². The quantitative estimate of drug-likeness (QED) is 0.181. The van der Waals surface area contributed by atoms with Gasteiger partial charge in [0.25, 0.3) is 0 Å². The van der Waals surface area contributed by atoms with E-state index >= 15 is 0 Å². The summed E-state index contributed by atoms with van der Waals surface area (Å²) in [6.45, 7) is 0. The van der Waals surface area contributed by atoms with Crippen LogP contribution in [0.15, 0.2) is 182 Å². The highest BCUT2D eigenvalue weighted by molar-refractivity contribution is 7.25. The summed E-state index contributed by atoms with van der Waals surface area (Å²) in [6.07, 6.45) is 0. The molecule has 4 heterocycles. The maximum Gasteiger partial charge on any atom is 0.235 e. The van der Waals surface area contributed by atoms with Crippen molar-refractivity contribution in [1.82, 2.24) is 19.1 Å². The summed E-state index contributed by atoms with van der Waals surface area (Å²) in [5.74, 6) is 0.652. The van der Waals surface area contributed by atoms with Gasteiger partial charge in [0.1, 0.15) is 0 Å². The Morgan fingerprint density at radius 1 is 0.386 bits per heavy atom. The van der Waals surface area contributed by atoms with E-state index in [1.165, 1.54) is 74.3 Å². The van der Waals surface area contributed by atoms with Crippen molar-refractivity contribution in [3.63, 3.8) is 0 Å². The molecular weight excluding hydrogens is 713 g/mol. The molecule has 0 amide bonds. The molecule has 4 aromatic heterocycles. The molecule has 264 valence electrons. The van der Waals surface area contributed by atoms with E-state index in [2.05, 4.69) is 191 Å². The first-order valence-electron chi connectivity index (χ1n) is 19.3. The van der Waals surface area contributed by atoms with E-state index in [-0.39, 0.29) is 0 Å². The van der Waals surface area contributed by atoms with Gasteiger partial charge in [0.2, 0.25) is 5.95 Å². The van der Waals surface area contributed by atoms with Crippen molar-refractivity contribution in [3.8, 4) is 22.9 Å². The third-order valence-electron chi connectivity index (χ3n) is 11.9. The van der Waals surface area contributed by atoms with E-state index in [0.717, 1.165) is 38.9 Å². The average Bonchev–Trinajstić information content (AvgIpc) is 3.93. The van der Waals surface area contributed by atoms with Crippen LogP contribution in [0.2, 0.25) is 0 Å². The molecule has 0 aliphatic rings. The number of rotatable bonds is 3. The number of benzene rings is 9. The van der Waals surface area contributed by atoms with E-state index in [4.69, 9.17) is 9.97 Å². The molecule has 0 aliphatic carbocycles. The van der Waals surface area contributed by atoms with Crippen LogP contribution >= 0.6 is 11.3 Å². The molecule has 13 rings (SSSR count). The van der Waals surface area contributed by atoms with E-state index < -0.39 is 0 Å². The lowest BCUT2D eigenvalue weighted by Crippen LogP contribution is -2.04. The molecule has 0 unspecified atom stereocenters. The highest BCUT2D eigenvalue weighted by Crippen LogP contribution is 2.42. The van der Waals surface area contributed by atoms with E-state index in [1.54, 1.807) is 0 Å². The number of hydrogen-bond donors (Lipinski definition) is 0. The SMILES string of the molecule is c1ccc2c(c1)ccc1c2c2ccc(-n3c4ccccc4c4ccc5ccccc5c43)cc2n1-c1nc(-c2ccc3sc4ccccc4c3c2)c2ccccc2n1. The van der Waals surface area contributed by atoms with E-state index in [9.17, 15) is 0 Å². The Hall–Kier alpha value is -7.34. The van der Waals surface area contributed by atoms with Crippen LogP contribution < -0.4 is 0 Å². The first-order valence-corrected chi connectivity index (χ1v) is 20.1. The van der Waals surface area contributed by atoms with Gasteiger partial charge >= 0.3 is 0 Å². The van der Waals surface area contributed by atoms with Crippen LogP contribution in [0.5, 0.6) is 0 Å². The lowest BCUT2D eigenvalue weighted by atomic mass is 10.0. The molecule has 9 aromatic carbocycles. The zero-order valence-corrected chi connectivity index (χ0v) is 31.3. The predicted molar refractivity (Wildman–Crippen MR) is 242 cm³/mol. The fraction of sp³-hybridized carbons (Fsp3) is 0. The van der Waals surface area contributed by atoms with Crippen LogP contribution in [0.3, 0.4) is 0 Å². The lowest BCUT2D eigenvalue weighted by molar-refractivity contribution is 1.01. The Kier molecular flexibility index (Phi) is 6.29. The molecular formula is C52H30N4S. The van der Waals surface area contributed by atoms with Crippen molar-refractivity contribution >= 4 is 108 Å². The number of aromatic nitrogens is 4. The largest absolute Gasteiger partial charge is 0.309 e. The van der Waals surface area contributed by atoms with Crippen molar-refractivity contribution in [3.05, 3.63) is 182 Å². The highest BCUT2D eigenvalue weighted by Gasteiger charge is 2.22. The Morgan fingerprint density at radius 2 is 1.07 bits per heavy atom. The first kappa shape index (κ1) is 30.9. The normalized spacial score (nSPS) is 12.2. The molecule has 0 spiro atoms. The monoisotopic (exact) mass is 742 g/mol. The minimum Gasteiger partial charge on any atom is -0.309 e. The first-order chi connectivity index (χ1) is 28.3. The van der Waals surface area contributed by atoms with Gasteiger partial charge in [0, 0.05) is 63.7 Å². The molecule has 5 heteroatoms. The second-order valence-corrected chi connectivity index (χ2v) is 16.0. The van der Waals surface area contributed by atoms with Crippen LogP contribution in [-0.4, -0.2) is 19.1 Å². The van der Waals surface area contributed by atoms with Crippen LogP contribution in [0, 0.1) is 0 Å². The number of hydrogen-bond acceptors (Lipinski definition) is 3. The molecule has 13 aromatic rings. The van der Waals surface area contributed by atoms with Gasteiger partial charge in [0.15, 0.2) is 0 Å². The second kappa shape index (κ2) is 11.6. The molecule has 0 radical (unpaired) electrons. The molecule has 0 atom stereocenters. The summed E-state index contributed by atoms with van der Waals surface area (Å²) in [5, 5.41) is 13.3. The molecule has 0 saturated carbocycles. The third-order valence-corrected chi connectivity index (χ3v) is 13.1. The van der Waals surface area contributed by atoms with Gasteiger partial charge in [-0.15, -0.1) is 11.3 Å². The van der Waals surface area contributed by atoms with Crippen molar-refractivity contribution < 1.29 is 0 Å². The Labute approximate surface area is 330 Å². The van der Waals surface area contributed by atoms with Crippen molar-refractivity contribution in [2.75, 3.05) is 0 Å². The van der Waals surface area contributed by atoms with Crippen LogP contribution in [0.4, 0.5) is 0 Å². The summed E-state index contributed by atoms with van der Waals surface area (Å²) in [4.78, 5) is 10.9. The van der Waals surface area contributed by atoms with Crippen molar-refractivity contribution in [2.24, 2.45) is 0 Å². The number of fused-ring (bicyclic) bond motifs is 14. The summed E-state index contributed by atoms with van der Waals surface area (Å²) in [5.41, 5.74) is 8.53. The second-order valence-electron chi connectivity index (χ2n) is 15.0. The minimum absolute atomic E-state index is 0.652. The van der Waals surface area contributed by atoms with Crippen LogP contribution in [-0.2, 0) is 0 Å². The van der Waals surface area contributed by atoms with Gasteiger partial charge in [-0.1, -0.05) is 133 Å². The van der Waals surface area contributed by atoms with Gasteiger partial charge in [-0.05, 0) is 64.7 Å². The zero-order valence-electron chi connectivity index (χ0n) is 30.5. The van der Waals surface area contributed by atoms with E-state index in [0.29, 0.717) is 5.95 Å². The lowest BCUT2D eigenvalue weighted by Gasteiger charge is -2.13. The van der Waals surface area contributed by atoms with Gasteiger partial charge in [-0.25, -0.2) is 9.97 Å². The smallest absolute Gasteiger partial charge is 0.235 e. The Bertz CT molecular complexity index is 3830. The standard InChI is InChI=1S/C52H30N4S/c1-3-13-35-31(11-1)22-27-45-49(35)41-26-24-34(55-44-19-9-6-15-37(44)39-25-21-32-12-2-4-14-36(32)51(39)55)30-46(41)56(45)52-53-43-18-8-5-17-40(43)50(54-52)33-23-28-48-42(29-33)38-16-7-10-20-47(38)57-48/h1-30H. The Balaban J connectivity index is 1.14. The summed E-state index contributed by atoms with van der Waals surface area (Å²) >= 11 is 1.84. The molecule has 4 nitrogen and oxygen atoms in total. The summed E-state index contributed by atoms with van der Waals surface area (Å²) < 4.78 is 7.31. The molecule has 0 bridgehead atoms. The molecule has 0 saturated heterocycles. The maximum atomic E-state index is 5.55. The summed E-state index contributed by atoms with van der Waals surface area (Å²) in [6, 6.07) is 66.0. The fourth-order valence-corrected chi connectivity index (χ4v) is 10.5. The van der Waals surface area contributed by atoms with Crippen molar-refractivity contribution in [1.29, 1.82) is 0 Å². The maximum absolute atomic E-state index is 5.55. The molecule has 0 N–H and O–H groups in total. The van der Waals surface area contributed by atoms with Gasteiger partial charge in [-0.3, -0.25) is 4.57 Å². The Morgan fingerprint density at radius 3 is 1.96 bits per heavy atom. The van der Waals surface area contributed by atoms with E-state index in [1.807, 2.05) is 11.3 Å². The molecule has 57 heavy (non-hydrogen) atoms. The van der Waals surface area contributed by atoms with Gasteiger partial charge in [-0.2, -0.15) is 0 Å². The molecule has 0 fully saturated rings. The third kappa shape index (κ3) is 4.37. The summed E-state index contributed by atoms with van der Waals surface area (Å²) in [7, 11) is 0. The van der Waals surface area contributed by atoms with Crippen LogP contribution in [0.25, 0.3) is 119 Å². The molecule has 0 aliphatic heterocycles. The predicted octanol–water partition coefficient (Wildman–Crippen LogP) is 14.2. The minimum atomic E-state index is 0.652. The topological polar surface area (TPSA) is 35.6 Å². The van der Waals surface area contributed by atoms with Gasteiger partial charge in [0.05, 0.1) is 33.3 Å². The number of nitrogens with zero attached hydrogens (tertiary/aromatic N) is 4. The fourth-order valence-electron chi connectivity index (χ4n) is 9.39. The van der Waals surface area contributed by atoms with Crippen LogP contribution in [0.1, 0.15) is 0 Å². The number of para-hydroxylation sites is 2. The average molecular weight is 743 g/mol. The van der Waals surface area contributed by atoms with Crippen molar-refractivity contribution in [2.45, 2.75) is 0 Å². The number of thiophene rings is 1.